The SMILES string of the molecule is CC1(C)C=C(N2CCCC2=O)c2cc(OC(F)(F)C(F)F)ccc2O1. The van der Waals surface area contributed by atoms with E-state index < -0.39 is 23.9 Å². The maximum Gasteiger partial charge on any atom is 0.461 e. The normalized spacial score (nSPS) is 19.6. The molecule has 1 amide bonds. The number of benzene rings is 1. The third-order valence-corrected chi connectivity index (χ3v) is 3.96. The van der Waals surface area contributed by atoms with Gasteiger partial charge in [0.25, 0.3) is 0 Å². The molecular formula is C17H17F4NO3. The van der Waals surface area contributed by atoms with E-state index in [0.29, 0.717) is 36.4 Å². The molecule has 2 aliphatic rings. The van der Waals surface area contributed by atoms with Crippen LogP contribution in [-0.2, 0) is 4.79 Å². The zero-order valence-corrected chi connectivity index (χ0v) is 13.7. The fraction of sp³-hybridized carbons (Fsp3) is 0.471. The van der Waals surface area contributed by atoms with Crippen molar-refractivity contribution in [3.05, 3.63) is 29.8 Å². The van der Waals surface area contributed by atoms with Gasteiger partial charge in [-0.05, 0) is 44.5 Å². The van der Waals surface area contributed by atoms with Crippen LogP contribution in [0.5, 0.6) is 11.5 Å². The van der Waals surface area contributed by atoms with Gasteiger partial charge in [-0.2, -0.15) is 17.6 Å². The van der Waals surface area contributed by atoms with E-state index in [4.69, 9.17) is 4.74 Å². The minimum absolute atomic E-state index is 0.0841. The first-order chi connectivity index (χ1) is 11.6. The van der Waals surface area contributed by atoms with E-state index in [-0.39, 0.29) is 5.91 Å². The van der Waals surface area contributed by atoms with E-state index in [0.717, 1.165) is 6.07 Å². The zero-order chi connectivity index (χ0) is 18.4. The number of hydrogen-bond donors (Lipinski definition) is 0. The van der Waals surface area contributed by atoms with E-state index in [1.54, 1.807) is 24.8 Å². The maximum atomic E-state index is 13.2. The molecule has 25 heavy (non-hydrogen) atoms. The Morgan fingerprint density at radius 3 is 2.64 bits per heavy atom. The molecule has 1 aromatic rings. The molecule has 0 spiro atoms. The summed E-state index contributed by atoms with van der Waals surface area (Å²) in [6.45, 7) is 4.09. The molecule has 0 radical (unpaired) electrons. The summed E-state index contributed by atoms with van der Waals surface area (Å²) in [6, 6.07) is 3.71. The van der Waals surface area contributed by atoms with Crippen molar-refractivity contribution in [3.63, 3.8) is 0 Å². The molecule has 0 aromatic heterocycles. The van der Waals surface area contributed by atoms with Gasteiger partial charge in [0.2, 0.25) is 5.91 Å². The average molecular weight is 359 g/mol. The molecule has 3 rings (SSSR count). The highest BCUT2D eigenvalue weighted by Crippen LogP contribution is 2.41. The first-order valence-corrected chi connectivity index (χ1v) is 7.81. The summed E-state index contributed by atoms with van der Waals surface area (Å²) in [7, 11) is 0. The van der Waals surface area contributed by atoms with Gasteiger partial charge >= 0.3 is 12.5 Å². The lowest BCUT2D eigenvalue weighted by Crippen LogP contribution is -2.35. The monoisotopic (exact) mass is 359 g/mol. The highest BCUT2D eigenvalue weighted by Gasteiger charge is 2.44. The van der Waals surface area contributed by atoms with Crippen LogP contribution in [0.4, 0.5) is 17.6 Å². The molecule has 2 aliphatic heterocycles. The lowest BCUT2D eigenvalue weighted by molar-refractivity contribution is -0.253. The molecule has 1 saturated heterocycles. The van der Waals surface area contributed by atoms with Crippen LogP contribution in [-0.4, -0.2) is 35.5 Å². The number of ether oxygens (including phenoxy) is 2. The Balaban J connectivity index is 2.00. The van der Waals surface area contributed by atoms with E-state index in [1.807, 2.05) is 0 Å². The fourth-order valence-corrected chi connectivity index (χ4v) is 2.91. The molecule has 0 saturated carbocycles. The molecule has 4 nitrogen and oxygen atoms in total. The van der Waals surface area contributed by atoms with Crippen molar-refractivity contribution in [2.24, 2.45) is 0 Å². The topological polar surface area (TPSA) is 38.8 Å². The van der Waals surface area contributed by atoms with Gasteiger partial charge in [-0.1, -0.05) is 0 Å². The van der Waals surface area contributed by atoms with Crippen molar-refractivity contribution in [1.29, 1.82) is 0 Å². The Labute approximate surface area is 142 Å². The third kappa shape index (κ3) is 3.43. The van der Waals surface area contributed by atoms with E-state index >= 15 is 0 Å². The minimum atomic E-state index is -4.60. The van der Waals surface area contributed by atoms with E-state index in [2.05, 4.69) is 4.74 Å². The lowest BCUT2D eigenvalue weighted by atomic mass is 9.98. The number of fused-ring (bicyclic) bond motifs is 1. The second-order valence-corrected chi connectivity index (χ2v) is 6.51. The Hall–Kier alpha value is -2.25. The Bertz CT molecular complexity index is 731. The van der Waals surface area contributed by atoms with Crippen molar-refractivity contribution in [1.82, 2.24) is 4.90 Å². The smallest absolute Gasteiger partial charge is 0.461 e. The molecule has 8 heteroatoms. The van der Waals surface area contributed by atoms with Crippen molar-refractivity contribution in [2.45, 2.75) is 44.8 Å². The number of carbonyl (C=O) groups is 1. The first-order valence-electron chi connectivity index (χ1n) is 7.81. The maximum absolute atomic E-state index is 13.2. The van der Waals surface area contributed by atoms with Crippen LogP contribution in [0, 0.1) is 0 Å². The van der Waals surface area contributed by atoms with Crippen molar-refractivity contribution in [3.8, 4) is 11.5 Å². The molecule has 1 aromatic carbocycles. The Morgan fingerprint density at radius 2 is 2.04 bits per heavy atom. The molecule has 1 fully saturated rings. The summed E-state index contributed by atoms with van der Waals surface area (Å²) in [4.78, 5) is 13.6. The number of likely N-dealkylation sites (tertiary alicyclic amines) is 1. The number of rotatable bonds is 4. The highest BCUT2D eigenvalue weighted by atomic mass is 19.3. The number of nitrogens with zero attached hydrogens (tertiary/aromatic N) is 1. The predicted octanol–water partition coefficient (Wildman–Crippen LogP) is 4.06. The summed E-state index contributed by atoms with van der Waals surface area (Å²) in [5.41, 5.74) is 0.164. The van der Waals surface area contributed by atoms with Crippen LogP contribution in [0.1, 0.15) is 32.3 Å². The van der Waals surface area contributed by atoms with Crippen molar-refractivity contribution in [2.75, 3.05) is 6.54 Å². The van der Waals surface area contributed by atoms with Gasteiger partial charge in [0, 0.05) is 18.5 Å². The number of halogens is 4. The summed E-state index contributed by atoms with van der Waals surface area (Å²) >= 11 is 0. The predicted molar refractivity (Wildman–Crippen MR) is 81.7 cm³/mol. The van der Waals surface area contributed by atoms with Crippen LogP contribution in [0.3, 0.4) is 0 Å². The van der Waals surface area contributed by atoms with E-state index in [1.165, 1.54) is 12.1 Å². The molecule has 0 aliphatic carbocycles. The molecule has 0 bridgehead atoms. The summed E-state index contributed by atoms with van der Waals surface area (Å²) in [6.07, 6.45) is -5.75. The van der Waals surface area contributed by atoms with Crippen LogP contribution in [0.2, 0.25) is 0 Å². The van der Waals surface area contributed by atoms with Gasteiger partial charge in [0.05, 0.1) is 5.70 Å². The van der Waals surface area contributed by atoms with Crippen molar-refractivity contribution >= 4 is 11.6 Å². The average Bonchev–Trinajstić information content (AvgIpc) is 2.91. The van der Waals surface area contributed by atoms with Gasteiger partial charge in [-0.15, -0.1) is 0 Å². The number of amides is 1. The summed E-state index contributed by atoms with van der Waals surface area (Å²) < 4.78 is 60.9. The van der Waals surface area contributed by atoms with Gasteiger partial charge in [0.15, 0.2) is 0 Å². The summed E-state index contributed by atoms with van der Waals surface area (Å²) in [5, 5.41) is 0. The number of hydrogen-bond acceptors (Lipinski definition) is 3. The van der Waals surface area contributed by atoms with Crippen LogP contribution < -0.4 is 9.47 Å². The Kier molecular flexibility index (Phi) is 4.17. The zero-order valence-electron chi connectivity index (χ0n) is 13.7. The third-order valence-electron chi connectivity index (χ3n) is 3.96. The second-order valence-electron chi connectivity index (χ2n) is 6.51. The summed E-state index contributed by atoms with van der Waals surface area (Å²) in [5.74, 6) is -0.140. The van der Waals surface area contributed by atoms with Crippen molar-refractivity contribution < 1.29 is 31.8 Å². The van der Waals surface area contributed by atoms with Gasteiger partial charge in [-0.3, -0.25) is 4.79 Å². The van der Waals surface area contributed by atoms with Crippen LogP contribution in [0.15, 0.2) is 24.3 Å². The van der Waals surface area contributed by atoms with Crippen LogP contribution >= 0.6 is 0 Å². The van der Waals surface area contributed by atoms with Gasteiger partial charge in [0.1, 0.15) is 17.1 Å². The van der Waals surface area contributed by atoms with Gasteiger partial charge < -0.3 is 14.4 Å². The van der Waals surface area contributed by atoms with Gasteiger partial charge in [-0.25, -0.2) is 0 Å². The number of carbonyl (C=O) groups excluding carboxylic acids is 1. The lowest BCUT2D eigenvalue weighted by Gasteiger charge is -2.34. The second kappa shape index (κ2) is 5.93. The molecule has 0 unspecified atom stereocenters. The minimum Gasteiger partial charge on any atom is -0.483 e. The fourth-order valence-electron chi connectivity index (χ4n) is 2.91. The van der Waals surface area contributed by atoms with E-state index in [9.17, 15) is 22.4 Å². The molecular weight excluding hydrogens is 342 g/mol. The first kappa shape index (κ1) is 17.6. The molecule has 136 valence electrons. The molecule has 2 heterocycles. The number of alkyl halides is 4. The largest absolute Gasteiger partial charge is 0.483 e. The quantitative estimate of drug-likeness (QED) is 0.761. The van der Waals surface area contributed by atoms with Crippen LogP contribution in [0.25, 0.3) is 5.70 Å². The standard InChI is InChI=1S/C17H17F4NO3/c1-16(2)9-12(22-7-3-4-14(22)23)11-8-10(5-6-13(11)25-16)24-17(20,21)15(18)19/h5-6,8-9,15H,3-4,7H2,1-2H3. The molecule has 0 N–H and O–H groups in total. The molecule has 0 atom stereocenters. The highest BCUT2D eigenvalue weighted by molar-refractivity contribution is 5.90. The Morgan fingerprint density at radius 1 is 1.32 bits per heavy atom.